The van der Waals surface area contributed by atoms with Crippen molar-refractivity contribution in [3.05, 3.63) is 34.7 Å². The molecule has 0 aromatic heterocycles. The van der Waals surface area contributed by atoms with Crippen molar-refractivity contribution in [3.8, 4) is 0 Å². The topological polar surface area (TPSA) is 32.8 Å². The van der Waals surface area contributed by atoms with Gasteiger partial charge in [0.05, 0.1) is 18.1 Å². The Hall–Kier alpha value is -1.37. The van der Waals surface area contributed by atoms with E-state index in [1.54, 1.807) is 7.05 Å². The van der Waals surface area contributed by atoms with E-state index in [0.29, 0.717) is 9.23 Å². The summed E-state index contributed by atoms with van der Waals surface area (Å²) in [6.45, 7) is 3.41. The minimum absolute atomic E-state index is 0.0257. The maximum absolute atomic E-state index is 12.0. The molecule has 0 atom stereocenters. The van der Waals surface area contributed by atoms with Crippen LogP contribution in [0.25, 0.3) is 6.08 Å². The SMILES string of the molecule is CN1C(=O)/C(=C\c2ccc(N3CCOCC3)cc2)SC1=S. The maximum atomic E-state index is 12.0. The van der Waals surface area contributed by atoms with Gasteiger partial charge in [-0.15, -0.1) is 0 Å². The first-order valence-electron chi connectivity index (χ1n) is 6.79. The Kier molecular flexibility index (Phi) is 4.28. The largest absolute Gasteiger partial charge is 0.378 e. The van der Waals surface area contributed by atoms with Crippen LogP contribution in [0, 0.1) is 0 Å². The molecule has 2 aliphatic rings. The number of hydrogen-bond donors (Lipinski definition) is 0. The molecule has 0 N–H and O–H groups in total. The molecule has 1 amide bonds. The molecule has 6 heteroatoms. The summed E-state index contributed by atoms with van der Waals surface area (Å²) in [6.07, 6.45) is 1.89. The number of ether oxygens (including phenoxy) is 1. The predicted octanol–water partition coefficient (Wildman–Crippen LogP) is 2.35. The Morgan fingerprint density at radius 1 is 1.24 bits per heavy atom. The number of nitrogens with zero attached hydrogens (tertiary/aromatic N) is 2. The van der Waals surface area contributed by atoms with E-state index in [2.05, 4.69) is 17.0 Å². The predicted molar refractivity (Wildman–Crippen MR) is 90.4 cm³/mol. The summed E-state index contributed by atoms with van der Waals surface area (Å²) in [5, 5.41) is 0. The van der Waals surface area contributed by atoms with E-state index >= 15 is 0 Å². The van der Waals surface area contributed by atoms with Gasteiger partial charge in [-0.2, -0.15) is 0 Å². The number of rotatable bonds is 2. The van der Waals surface area contributed by atoms with E-state index < -0.39 is 0 Å². The van der Waals surface area contributed by atoms with Gasteiger partial charge in [0.2, 0.25) is 0 Å². The second kappa shape index (κ2) is 6.17. The Balaban J connectivity index is 1.75. The third kappa shape index (κ3) is 3.12. The zero-order valence-electron chi connectivity index (χ0n) is 11.7. The number of morpholine rings is 1. The van der Waals surface area contributed by atoms with Crippen LogP contribution in [0.4, 0.5) is 5.69 Å². The van der Waals surface area contributed by atoms with Crippen LogP contribution in [-0.4, -0.2) is 48.5 Å². The summed E-state index contributed by atoms with van der Waals surface area (Å²) in [4.78, 5) is 16.5. The molecule has 2 heterocycles. The third-order valence-electron chi connectivity index (χ3n) is 3.55. The second-order valence-electron chi connectivity index (χ2n) is 4.93. The fraction of sp³-hybridized carbons (Fsp3) is 0.333. The van der Waals surface area contributed by atoms with Crippen LogP contribution in [0.15, 0.2) is 29.2 Å². The Morgan fingerprint density at radius 2 is 1.90 bits per heavy atom. The van der Waals surface area contributed by atoms with Gasteiger partial charge in [-0.3, -0.25) is 9.69 Å². The molecular formula is C15H16N2O2S2. The van der Waals surface area contributed by atoms with Crippen LogP contribution in [0.5, 0.6) is 0 Å². The van der Waals surface area contributed by atoms with Crippen LogP contribution >= 0.6 is 24.0 Å². The number of anilines is 1. The van der Waals surface area contributed by atoms with E-state index in [4.69, 9.17) is 17.0 Å². The third-order valence-corrected chi connectivity index (χ3v) is 5.04. The standard InChI is InChI=1S/C15H16N2O2S2/c1-16-14(18)13(21-15(16)20)10-11-2-4-12(5-3-11)17-6-8-19-9-7-17/h2-5,10H,6-9H2,1H3/b13-10+. The number of amides is 1. The Morgan fingerprint density at radius 3 is 2.48 bits per heavy atom. The maximum Gasteiger partial charge on any atom is 0.265 e. The van der Waals surface area contributed by atoms with Gasteiger partial charge in [-0.25, -0.2) is 0 Å². The fourth-order valence-corrected chi connectivity index (χ4v) is 3.48. The number of carbonyl (C=O) groups is 1. The Bertz CT molecular complexity index is 592. The average molecular weight is 320 g/mol. The van der Waals surface area contributed by atoms with Gasteiger partial charge in [-0.1, -0.05) is 36.1 Å². The average Bonchev–Trinajstić information content (AvgIpc) is 2.76. The lowest BCUT2D eigenvalue weighted by molar-refractivity contribution is -0.121. The molecule has 0 radical (unpaired) electrons. The molecule has 2 aliphatic heterocycles. The smallest absolute Gasteiger partial charge is 0.265 e. The highest BCUT2D eigenvalue weighted by Crippen LogP contribution is 2.31. The summed E-state index contributed by atoms with van der Waals surface area (Å²) >= 11 is 6.48. The van der Waals surface area contributed by atoms with Gasteiger partial charge >= 0.3 is 0 Å². The summed E-state index contributed by atoms with van der Waals surface area (Å²) in [7, 11) is 1.71. The lowest BCUT2D eigenvalue weighted by Gasteiger charge is -2.28. The number of hydrogen-bond acceptors (Lipinski definition) is 5. The fourth-order valence-electron chi connectivity index (χ4n) is 2.30. The summed E-state index contributed by atoms with van der Waals surface area (Å²) in [5.41, 5.74) is 2.21. The van der Waals surface area contributed by atoms with Crippen LogP contribution in [0.3, 0.4) is 0 Å². The summed E-state index contributed by atoms with van der Waals surface area (Å²) < 4.78 is 5.96. The van der Waals surface area contributed by atoms with E-state index in [9.17, 15) is 4.79 Å². The minimum atomic E-state index is -0.0257. The van der Waals surface area contributed by atoms with Crippen molar-refractivity contribution >= 4 is 46.0 Å². The van der Waals surface area contributed by atoms with Crippen molar-refractivity contribution in [2.24, 2.45) is 0 Å². The monoisotopic (exact) mass is 320 g/mol. The molecule has 0 spiro atoms. The van der Waals surface area contributed by atoms with E-state index in [0.717, 1.165) is 31.9 Å². The summed E-state index contributed by atoms with van der Waals surface area (Å²) in [6, 6.07) is 8.24. The van der Waals surface area contributed by atoms with Gasteiger partial charge < -0.3 is 9.64 Å². The highest BCUT2D eigenvalue weighted by Gasteiger charge is 2.28. The van der Waals surface area contributed by atoms with Gasteiger partial charge in [0.25, 0.3) is 5.91 Å². The lowest BCUT2D eigenvalue weighted by Crippen LogP contribution is -2.36. The summed E-state index contributed by atoms with van der Waals surface area (Å²) in [5.74, 6) is -0.0257. The first-order chi connectivity index (χ1) is 10.1. The van der Waals surface area contributed by atoms with Crippen molar-refractivity contribution in [1.29, 1.82) is 0 Å². The van der Waals surface area contributed by atoms with Gasteiger partial charge in [0.1, 0.15) is 4.32 Å². The molecule has 0 bridgehead atoms. The lowest BCUT2D eigenvalue weighted by atomic mass is 10.1. The van der Waals surface area contributed by atoms with Gasteiger partial charge in [0.15, 0.2) is 0 Å². The number of benzene rings is 1. The molecule has 0 saturated carbocycles. The van der Waals surface area contributed by atoms with Crippen molar-refractivity contribution in [1.82, 2.24) is 4.90 Å². The molecule has 0 unspecified atom stereocenters. The highest BCUT2D eigenvalue weighted by molar-refractivity contribution is 8.26. The van der Waals surface area contributed by atoms with Crippen LogP contribution in [0.1, 0.15) is 5.56 Å². The number of likely N-dealkylation sites (N-methyl/N-ethyl adjacent to an activating group) is 1. The first kappa shape index (κ1) is 14.6. The van der Waals surface area contributed by atoms with Crippen molar-refractivity contribution in [2.75, 3.05) is 38.3 Å². The van der Waals surface area contributed by atoms with Crippen molar-refractivity contribution in [3.63, 3.8) is 0 Å². The number of thiocarbonyl (C=S) groups is 1. The first-order valence-corrected chi connectivity index (χ1v) is 8.02. The molecule has 1 aromatic rings. The van der Waals surface area contributed by atoms with Crippen LogP contribution in [0.2, 0.25) is 0 Å². The molecular weight excluding hydrogens is 304 g/mol. The molecule has 2 fully saturated rings. The highest BCUT2D eigenvalue weighted by atomic mass is 32.2. The Labute approximate surface area is 133 Å². The van der Waals surface area contributed by atoms with E-state index in [1.165, 1.54) is 22.3 Å². The second-order valence-corrected chi connectivity index (χ2v) is 6.61. The molecule has 110 valence electrons. The van der Waals surface area contributed by atoms with E-state index in [1.807, 2.05) is 18.2 Å². The molecule has 3 rings (SSSR count). The zero-order chi connectivity index (χ0) is 14.8. The van der Waals surface area contributed by atoms with Crippen LogP contribution < -0.4 is 4.90 Å². The van der Waals surface area contributed by atoms with Gasteiger partial charge in [0, 0.05) is 25.8 Å². The van der Waals surface area contributed by atoms with E-state index in [-0.39, 0.29) is 5.91 Å². The van der Waals surface area contributed by atoms with Gasteiger partial charge in [-0.05, 0) is 23.8 Å². The molecule has 21 heavy (non-hydrogen) atoms. The zero-order valence-corrected chi connectivity index (χ0v) is 13.4. The molecule has 0 aliphatic carbocycles. The van der Waals surface area contributed by atoms with Crippen molar-refractivity contribution in [2.45, 2.75) is 0 Å². The number of thioether (sulfide) groups is 1. The van der Waals surface area contributed by atoms with Crippen LogP contribution in [-0.2, 0) is 9.53 Å². The minimum Gasteiger partial charge on any atom is -0.378 e. The number of carbonyl (C=O) groups excluding carboxylic acids is 1. The molecule has 1 aromatic carbocycles. The normalized spacial score (nSPS) is 21.5. The molecule has 2 saturated heterocycles. The van der Waals surface area contributed by atoms with Crippen molar-refractivity contribution < 1.29 is 9.53 Å². The quantitative estimate of drug-likeness (QED) is 0.617. The molecule has 4 nitrogen and oxygen atoms in total.